The van der Waals surface area contributed by atoms with Crippen molar-refractivity contribution in [1.82, 2.24) is 4.98 Å². The van der Waals surface area contributed by atoms with Crippen LogP contribution in [0.2, 0.25) is 0 Å². The third-order valence-electron chi connectivity index (χ3n) is 4.24. The molecule has 5 heteroatoms. The van der Waals surface area contributed by atoms with Crippen molar-refractivity contribution in [2.75, 3.05) is 0 Å². The largest absolute Gasteiger partial charge is 0.481 e. The second-order valence-electron chi connectivity index (χ2n) is 5.46. The van der Waals surface area contributed by atoms with Gasteiger partial charge in [0.05, 0.1) is 21.1 Å². The van der Waals surface area contributed by atoms with E-state index in [2.05, 4.69) is 11.9 Å². The van der Waals surface area contributed by atoms with Crippen LogP contribution >= 0.6 is 11.3 Å². The minimum Gasteiger partial charge on any atom is -0.481 e. The monoisotopic (exact) mass is 293 g/mol. The van der Waals surface area contributed by atoms with E-state index < -0.39 is 5.97 Å². The molecule has 0 aliphatic heterocycles. The fourth-order valence-electron chi connectivity index (χ4n) is 3.10. The highest BCUT2D eigenvalue weighted by Crippen LogP contribution is 2.46. The van der Waals surface area contributed by atoms with Crippen molar-refractivity contribution in [2.45, 2.75) is 32.1 Å². The molecule has 0 saturated heterocycles. The van der Waals surface area contributed by atoms with Gasteiger partial charge in [0.15, 0.2) is 0 Å². The Bertz CT molecular complexity index is 654. The van der Waals surface area contributed by atoms with E-state index in [1.165, 1.54) is 23.5 Å². The third-order valence-corrected chi connectivity index (χ3v) is 5.39. The van der Waals surface area contributed by atoms with Gasteiger partial charge in [-0.3, -0.25) is 4.79 Å². The first kappa shape index (κ1) is 13.5. The van der Waals surface area contributed by atoms with Crippen LogP contribution in [0.5, 0.6) is 0 Å². The van der Waals surface area contributed by atoms with Gasteiger partial charge in [-0.2, -0.15) is 0 Å². The average molecular weight is 293 g/mol. The molecule has 3 unspecified atom stereocenters. The molecule has 1 heterocycles. The molecule has 1 aromatic carbocycles. The van der Waals surface area contributed by atoms with E-state index in [-0.39, 0.29) is 17.7 Å². The zero-order valence-corrected chi connectivity index (χ0v) is 12.0. The minimum absolute atomic E-state index is 0.0297. The molecule has 3 nitrogen and oxygen atoms in total. The number of thiazole rings is 1. The standard InChI is InChI=1S/C15H16FNO2S/c1-2-8-5-10(11(6-8)15(18)19)14-17-12-4-3-9(16)7-13(12)20-14/h3-4,7-8,10-11H,2,5-6H2,1H3,(H,18,19). The van der Waals surface area contributed by atoms with E-state index in [0.717, 1.165) is 34.5 Å². The lowest BCUT2D eigenvalue weighted by Gasteiger charge is -2.11. The summed E-state index contributed by atoms with van der Waals surface area (Å²) in [5.41, 5.74) is 0.760. The number of carboxylic acid groups (broad SMARTS) is 1. The number of carbonyl (C=O) groups is 1. The lowest BCUT2D eigenvalue weighted by Crippen LogP contribution is -2.16. The van der Waals surface area contributed by atoms with E-state index in [1.807, 2.05) is 0 Å². The smallest absolute Gasteiger partial charge is 0.307 e. The lowest BCUT2D eigenvalue weighted by atomic mass is 9.97. The number of aliphatic carboxylic acids is 1. The molecule has 20 heavy (non-hydrogen) atoms. The molecule has 106 valence electrons. The number of carboxylic acids is 1. The summed E-state index contributed by atoms with van der Waals surface area (Å²) in [5.74, 6) is -0.954. The van der Waals surface area contributed by atoms with Crippen molar-refractivity contribution >= 4 is 27.5 Å². The van der Waals surface area contributed by atoms with Crippen LogP contribution in [0.15, 0.2) is 18.2 Å². The van der Waals surface area contributed by atoms with Crippen molar-refractivity contribution in [1.29, 1.82) is 0 Å². The van der Waals surface area contributed by atoms with Crippen molar-refractivity contribution in [2.24, 2.45) is 11.8 Å². The van der Waals surface area contributed by atoms with Crippen molar-refractivity contribution in [3.8, 4) is 0 Å². The zero-order valence-electron chi connectivity index (χ0n) is 11.2. The molecule has 1 N–H and O–H groups in total. The molecule has 2 aromatic rings. The Balaban J connectivity index is 1.98. The quantitative estimate of drug-likeness (QED) is 0.929. The molecule has 3 rings (SSSR count). The topological polar surface area (TPSA) is 50.2 Å². The molecule has 1 fully saturated rings. The Kier molecular flexibility index (Phi) is 3.46. The number of halogens is 1. The predicted molar refractivity (Wildman–Crippen MR) is 76.5 cm³/mol. The van der Waals surface area contributed by atoms with Gasteiger partial charge < -0.3 is 5.11 Å². The Hall–Kier alpha value is -1.49. The molecule has 0 spiro atoms. The summed E-state index contributed by atoms with van der Waals surface area (Å²) < 4.78 is 14.0. The Morgan fingerprint density at radius 3 is 3.00 bits per heavy atom. The average Bonchev–Trinajstić information content (AvgIpc) is 3.00. The van der Waals surface area contributed by atoms with Gasteiger partial charge >= 0.3 is 5.97 Å². The number of nitrogens with zero attached hydrogens (tertiary/aromatic N) is 1. The first-order valence-corrected chi connectivity index (χ1v) is 7.69. The van der Waals surface area contributed by atoms with Crippen molar-refractivity contribution in [3.05, 3.63) is 29.0 Å². The lowest BCUT2D eigenvalue weighted by molar-refractivity contribution is -0.142. The second kappa shape index (κ2) is 5.13. The number of hydrogen-bond acceptors (Lipinski definition) is 3. The van der Waals surface area contributed by atoms with Gasteiger partial charge in [-0.15, -0.1) is 11.3 Å². The van der Waals surface area contributed by atoms with Gasteiger partial charge in [0.2, 0.25) is 0 Å². The number of fused-ring (bicyclic) bond motifs is 1. The van der Waals surface area contributed by atoms with Gasteiger partial charge in [0.25, 0.3) is 0 Å². The van der Waals surface area contributed by atoms with Crippen LogP contribution in [-0.2, 0) is 4.79 Å². The SMILES string of the molecule is CCC1CC(C(=O)O)C(c2nc3ccc(F)cc3s2)C1. The zero-order chi connectivity index (χ0) is 14.3. The molecular formula is C15H16FNO2S. The molecule has 1 aromatic heterocycles. The number of rotatable bonds is 3. The molecule has 0 radical (unpaired) electrons. The summed E-state index contributed by atoms with van der Waals surface area (Å²) in [6.07, 6.45) is 2.59. The highest BCUT2D eigenvalue weighted by molar-refractivity contribution is 7.18. The van der Waals surface area contributed by atoms with Crippen molar-refractivity contribution < 1.29 is 14.3 Å². The summed E-state index contributed by atoms with van der Waals surface area (Å²) in [5, 5.41) is 10.2. The summed E-state index contributed by atoms with van der Waals surface area (Å²) in [7, 11) is 0. The molecule has 1 saturated carbocycles. The summed E-state index contributed by atoms with van der Waals surface area (Å²) in [6.45, 7) is 2.10. The maximum Gasteiger partial charge on any atom is 0.307 e. The normalized spacial score (nSPS) is 26.2. The van der Waals surface area contributed by atoms with E-state index in [4.69, 9.17) is 0 Å². The van der Waals surface area contributed by atoms with Crippen LogP contribution in [0.1, 0.15) is 37.1 Å². The Labute approximate surface area is 120 Å². The van der Waals surface area contributed by atoms with Crippen LogP contribution in [0.3, 0.4) is 0 Å². The van der Waals surface area contributed by atoms with E-state index in [0.29, 0.717) is 5.92 Å². The maximum atomic E-state index is 13.2. The first-order valence-electron chi connectivity index (χ1n) is 6.87. The fourth-order valence-corrected chi connectivity index (χ4v) is 4.27. The predicted octanol–water partition coefficient (Wildman–Crippen LogP) is 4.04. The van der Waals surface area contributed by atoms with E-state index in [9.17, 15) is 14.3 Å². The first-order chi connectivity index (χ1) is 9.58. The van der Waals surface area contributed by atoms with Crippen LogP contribution < -0.4 is 0 Å². The third kappa shape index (κ3) is 2.30. The Morgan fingerprint density at radius 1 is 1.50 bits per heavy atom. The highest BCUT2D eigenvalue weighted by atomic mass is 32.1. The van der Waals surface area contributed by atoms with Crippen LogP contribution in [0, 0.1) is 17.7 Å². The van der Waals surface area contributed by atoms with Gasteiger partial charge in [0, 0.05) is 5.92 Å². The number of benzene rings is 1. The fraction of sp³-hybridized carbons (Fsp3) is 0.467. The summed E-state index contributed by atoms with van der Waals surface area (Å²) in [6, 6.07) is 4.52. The molecule has 3 atom stereocenters. The second-order valence-corrected chi connectivity index (χ2v) is 6.52. The number of aromatic nitrogens is 1. The van der Waals surface area contributed by atoms with E-state index >= 15 is 0 Å². The molecule has 1 aliphatic carbocycles. The minimum atomic E-state index is -0.739. The van der Waals surface area contributed by atoms with Gasteiger partial charge in [-0.25, -0.2) is 9.37 Å². The van der Waals surface area contributed by atoms with Gasteiger partial charge in [-0.1, -0.05) is 13.3 Å². The van der Waals surface area contributed by atoms with Crippen LogP contribution in [0.25, 0.3) is 10.2 Å². The van der Waals surface area contributed by atoms with Gasteiger partial charge in [0.1, 0.15) is 5.82 Å². The molecule has 1 aliphatic rings. The van der Waals surface area contributed by atoms with Crippen molar-refractivity contribution in [3.63, 3.8) is 0 Å². The molecule has 0 bridgehead atoms. The van der Waals surface area contributed by atoms with Crippen LogP contribution in [0.4, 0.5) is 4.39 Å². The molecule has 0 amide bonds. The Morgan fingerprint density at radius 2 is 2.30 bits per heavy atom. The summed E-state index contributed by atoms with van der Waals surface area (Å²) >= 11 is 1.43. The van der Waals surface area contributed by atoms with Crippen LogP contribution in [-0.4, -0.2) is 16.1 Å². The number of hydrogen-bond donors (Lipinski definition) is 1. The maximum absolute atomic E-state index is 13.2. The van der Waals surface area contributed by atoms with Gasteiger partial charge in [-0.05, 0) is 37.0 Å². The highest BCUT2D eigenvalue weighted by Gasteiger charge is 2.40. The van der Waals surface area contributed by atoms with E-state index in [1.54, 1.807) is 6.07 Å². The summed E-state index contributed by atoms with van der Waals surface area (Å²) in [4.78, 5) is 16.0. The molecular weight excluding hydrogens is 277 g/mol.